The molecule has 9 heteroatoms. The smallest absolute Gasteiger partial charge is 0.274 e. The van der Waals surface area contributed by atoms with E-state index in [4.69, 9.17) is 9.47 Å². The van der Waals surface area contributed by atoms with Crippen LogP contribution < -0.4 is 5.32 Å². The molecule has 1 aromatic heterocycles. The van der Waals surface area contributed by atoms with E-state index in [-0.39, 0.29) is 23.1 Å². The van der Waals surface area contributed by atoms with Crippen LogP contribution in [0, 0.1) is 11.6 Å². The van der Waals surface area contributed by atoms with Gasteiger partial charge in [0.05, 0.1) is 31.3 Å². The molecule has 1 N–H and O–H groups in total. The van der Waals surface area contributed by atoms with Gasteiger partial charge in [0.25, 0.3) is 5.91 Å². The molecule has 0 radical (unpaired) electrons. The van der Waals surface area contributed by atoms with E-state index < -0.39 is 17.4 Å². The molecular weight excluding hydrogens is 358 g/mol. The molecule has 1 aromatic carbocycles. The minimum absolute atomic E-state index is 0.0719. The summed E-state index contributed by atoms with van der Waals surface area (Å²) in [7, 11) is 0. The van der Waals surface area contributed by atoms with E-state index >= 15 is 0 Å². The molecule has 2 fully saturated rings. The van der Waals surface area contributed by atoms with E-state index in [9.17, 15) is 13.6 Å². The van der Waals surface area contributed by atoms with Crippen molar-refractivity contribution >= 4 is 17.4 Å². The number of rotatable bonds is 3. The molecule has 142 valence electrons. The lowest BCUT2D eigenvalue weighted by atomic mass is 10.0. The maximum atomic E-state index is 13.7. The second-order valence-electron chi connectivity index (χ2n) is 6.44. The monoisotopic (exact) mass is 376 g/mol. The number of nitrogens with one attached hydrogen (secondary N) is 1. The molecule has 2 aliphatic rings. The van der Waals surface area contributed by atoms with Gasteiger partial charge >= 0.3 is 0 Å². The number of carbonyl (C=O) groups excluding carboxylic acids is 1. The van der Waals surface area contributed by atoms with Gasteiger partial charge in [-0.15, -0.1) is 0 Å². The molecule has 0 bridgehead atoms. The van der Waals surface area contributed by atoms with Gasteiger partial charge in [-0.25, -0.2) is 18.7 Å². The zero-order chi connectivity index (χ0) is 18.9. The maximum Gasteiger partial charge on any atom is 0.274 e. The third kappa shape index (κ3) is 3.74. The van der Waals surface area contributed by atoms with Crippen molar-refractivity contribution in [3.05, 3.63) is 47.9 Å². The molecule has 4 rings (SSSR count). The Labute approximate surface area is 154 Å². The SMILES string of the molecule is O=C(c1cnc(Nc2ccc(F)cc2F)cn1)N1CCC2(CC1)OCCO2. The predicted octanol–water partition coefficient (Wildman–Crippen LogP) is 2.48. The average Bonchev–Trinajstić information content (AvgIpc) is 3.13. The molecule has 2 aliphatic heterocycles. The van der Waals surface area contributed by atoms with E-state index in [1.807, 2.05) is 0 Å². The molecule has 2 aromatic rings. The summed E-state index contributed by atoms with van der Waals surface area (Å²) in [5, 5.41) is 2.70. The third-order valence-corrected chi connectivity index (χ3v) is 4.69. The number of aromatic nitrogens is 2. The number of likely N-dealkylation sites (tertiary alicyclic amines) is 1. The number of nitrogens with zero attached hydrogens (tertiary/aromatic N) is 3. The van der Waals surface area contributed by atoms with Crippen LogP contribution in [-0.4, -0.2) is 52.9 Å². The zero-order valence-electron chi connectivity index (χ0n) is 14.5. The van der Waals surface area contributed by atoms with Crippen LogP contribution in [0.5, 0.6) is 0 Å². The van der Waals surface area contributed by atoms with Crippen LogP contribution in [0.25, 0.3) is 0 Å². The van der Waals surface area contributed by atoms with E-state index in [0.29, 0.717) is 39.1 Å². The Balaban J connectivity index is 1.39. The van der Waals surface area contributed by atoms with Gasteiger partial charge < -0.3 is 19.7 Å². The van der Waals surface area contributed by atoms with Crippen molar-refractivity contribution in [1.29, 1.82) is 0 Å². The Morgan fingerprint density at radius 2 is 1.85 bits per heavy atom. The van der Waals surface area contributed by atoms with Crippen LogP contribution in [0.1, 0.15) is 23.3 Å². The summed E-state index contributed by atoms with van der Waals surface area (Å²) in [5.74, 6) is -1.93. The zero-order valence-corrected chi connectivity index (χ0v) is 14.5. The lowest BCUT2D eigenvalue weighted by molar-refractivity contribution is -0.181. The van der Waals surface area contributed by atoms with E-state index in [2.05, 4.69) is 15.3 Å². The number of amides is 1. The molecule has 2 saturated heterocycles. The number of piperidine rings is 1. The number of hydrogen-bond acceptors (Lipinski definition) is 6. The maximum absolute atomic E-state index is 13.7. The highest BCUT2D eigenvalue weighted by atomic mass is 19.1. The minimum atomic E-state index is -0.740. The number of benzene rings is 1. The summed E-state index contributed by atoms with van der Waals surface area (Å²) in [6.07, 6.45) is 3.91. The van der Waals surface area contributed by atoms with E-state index in [1.165, 1.54) is 18.5 Å². The fraction of sp³-hybridized carbons (Fsp3) is 0.389. The number of hydrogen-bond donors (Lipinski definition) is 1. The van der Waals surface area contributed by atoms with Crippen LogP contribution in [0.4, 0.5) is 20.3 Å². The van der Waals surface area contributed by atoms with Gasteiger partial charge in [-0.05, 0) is 12.1 Å². The molecule has 1 amide bonds. The lowest BCUT2D eigenvalue weighted by Crippen LogP contribution is -2.47. The first kappa shape index (κ1) is 17.7. The molecule has 0 atom stereocenters. The van der Waals surface area contributed by atoms with Crippen LogP contribution in [0.2, 0.25) is 0 Å². The molecule has 0 saturated carbocycles. The Morgan fingerprint density at radius 3 is 2.48 bits per heavy atom. The van der Waals surface area contributed by atoms with E-state index in [1.54, 1.807) is 4.90 Å². The molecular formula is C18H18F2N4O3. The van der Waals surface area contributed by atoms with Gasteiger partial charge in [0.15, 0.2) is 5.79 Å². The van der Waals surface area contributed by atoms with Gasteiger partial charge in [-0.2, -0.15) is 0 Å². The van der Waals surface area contributed by atoms with Gasteiger partial charge in [-0.1, -0.05) is 0 Å². The molecule has 0 aliphatic carbocycles. The molecule has 1 spiro atoms. The molecule has 3 heterocycles. The average molecular weight is 376 g/mol. The molecule has 27 heavy (non-hydrogen) atoms. The first-order chi connectivity index (χ1) is 13.0. The standard InChI is InChI=1S/C18H18F2N4O3/c19-12-1-2-14(13(20)9-12)23-16-11-21-15(10-22-16)17(25)24-5-3-18(4-6-24)26-7-8-27-18/h1-2,9-11H,3-8H2,(H,22,23). The van der Waals surface area contributed by atoms with Crippen molar-refractivity contribution in [3.8, 4) is 0 Å². The summed E-state index contributed by atoms with van der Waals surface area (Å²) in [4.78, 5) is 22.5. The summed E-state index contributed by atoms with van der Waals surface area (Å²) in [5.41, 5.74) is 0.270. The van der Waals surface area contributed by atoms with Crippen LogP contribution in [0.15, 0.2) is 30.6 Å². The Bertz CT molecular complexity index is 831. The molecule has 0 unspecified atom stereocenters. The Morgan fingerprint density at radius 1 is 1.11 bits per heavy atom. The van der Waals surface area contributed by atoms with Crippen LogP contribution in [0.3, 0.4) is 0 Å². The third-order valence-electron chi connectivity index (χ3n) is 4.69. The van der Waals surface area contributed by atoms with Gasteiger partial charge in [0.2, 0.25) is 0 Å². The second-order valence-corrected chi connectivity index (χ2v) is 6.44. The van der Waals surface area contributed by atoms with Crippen molar-refractivity contribution < 1.29 is 23.0 Å². The number of ether oxygens (including phenoxy) is 2. The quantitative estimate of drug-likeness (QED) is 0.887. The van der Waals surface area contributed by atoms with Crippen LogP contribution in [-0.2, 0) is 9.47 Å². The summed E-state index contributed by atoms with van der Waals surface area (Å²) < 4.78 is 37.9. The van der Waals surface area contributed by atoms with Crippen LogP contribution >= 0.6 is 0 Å². The Kier molecular flexibility index (Phi) is 4.71. The summed E-state index contributed by atoms with van der Waals surface area (Å²) >= 11 is 0. The van der Waals surface area contributed by atoms with Crippen molar-refractivity contribution in [3.63, 3.8) is 0 Å². The number of anilines is 2. The van der Waals surface area contributed by atoms with Crippen molar-refractivity contribution in [2.75, 3.05) is 31.6 Å². The van der Waals surface area contributed by atoms with E-state index in [0.717, 1.165) is 12.1 Å². The highest BCUT2D eigenvalue weighted by molar-refractivity contribution is 5.92. The summed E-state index contributed by atoms with van der Waals surface area (Å²) in [6.45, 7) is 2.20. The highest BCUT2D eigenvalue weighted by Crippen LogP contribution is 2.31. The fourth-order valence-electron chi connectivity index (χ4n) is 3.23. The first-order valence-electron chi connectivity index (χ1n) is 8.66. The highest BCUT2D eigenvalue weighted by Gasteiger charge is 2.41. The molecule has 7 nitrogen and oxygen atoms in total. The topological polar surface area (TPSA) is 76.6 Å². The fourth-order valence-corrected chi connectivity index (χ4v) is 3.23. The van der Waals surface area contributed by atoms with Crippen molar-refractivity contribution in [1.82, 2.24) is 14.9 Å². The number of carbonyl (C=O) groups is 1. The summed E-state index contributed by atoms with van der Waals surface area (Å²) in [6, 6.07) is 3.17. The van der Waals surface area contributed by atoms with Gasteiger partial charge in [0.1, 0.15) is 23.1 Å². The van der Waals surface area contributed by atoms with Crippen molar-refractivity contribution in [2.24, 2.45) is 0 Å². The number of halogens is 2. The minimum Gasteiger partial charge on any atom is -0.347 e. The second kappa shape index (κ2) is 7.16. The van der Waals surface area contributed by atoms with Gasteiger partial charge in [-0.3, -0.25) is 4.79 Å². The Hall–Kier alpha value is -2.65. The normalized spacial score (nSPS) is 18.7. The van der Waals surface area contributed by atoms with Gasteiger partial charge in [0, 0.05) is 32.0 Å². The largest absolute Gasteiger partial charge is 0.347 e. The lowest BCUT2D eigenvalue weighted by Gasteiger charge is -2.37. The van der Waals surface area contributed by atoms with Crippen molar-refractivity contribution in [2.45, 2.75) is 18.6 Å². The predicted molar refractivity (Wildman–Crippen MR) is 91.4 cm³/mol. The first-order valence-corrected chi connectivity index (χ1v) is 8.66.